The minimum atomic E-state index is -1.79. The van der Waals surface area contributed by atoms with Gasteiger partial charge < -0.3 is 18.8 Å². The Hall–Kier alpha value is -1.60. The molecule has 3 atom stereocenters. The number of ketones is 1. The number of ether oxygens (including phenoxy) is 2. The fourth-order valence-corrected chi connectivity index (χ4v) is 5.67. The van der Waals surface area contributed by atoms with Crippen LogP contribution < -0.4 is 0 Å². The van der Waals surface area contributed by atoms with E-state index in [1.165, 1.54) is 0 Å². The van der Waals surface area contributed by atoms with Gasteiger partial charge in [-0.3, -0.25) is 4.79 Å². The molecule has 6 nitrogen and oxygen atoms in total. The van der Waals surface area contributed by atoms with Crippen LogP contribution in [0.25, 0.3) is 0 Å². The van der Waals surface area contributed by atoms with Gasteiger partial charge in [-0.25, -0.2) is 4.79 Å². The lowest BCUT2D eigenvalue weighted by Gasteiger charge is -2.41. The zero-order chi connectivity index (χ0) is 24.1. The monoisotopic (exact) mass is 465 g/mol. The molecular weight excluding hydrogens is 422 g/mol. The Bertz CT molecular complexity index is 719. The van der Waals surface area contributed by atoms with E-state index in [4.69, 9.17) is 13.9 Å². The molecule has 0 aromatic heterocycles. The van der Waals surface area contributed by atoms with Crippen molar-refractivity contribution in [3.63, 3.8) is 0 Å². The van der Waals surface area contributed by atoms with Crippen LogP contribution in [0.4, 0.5) is 4.79 Å². The summed E-state index contributed by atoms with van der Waals surface area (Å²) in [5.74, 6) is 1.15. The second kappa shape index (κ2) is 11.0. The third-order valence-corrected chi connectivity index (χ3v) is 6.66. The third kappa shape index (κ3) is 7.76. The number of Topliss-reactive ketones (excluding diaryl/α,β-unsaturated/α-hetero) is 1. The molecule has 1 aliphatic carbocycles. The summed E-state index contributed by atoms with van der Waals surface area (Å²) in [5, 5.41) is 0. The Labute approximate surface area is 195 Å². The van der Waals surface area contributed by atoms with E-state index in [-0.39, 0.29) is 29.8 Å². The van der Waals surface area contributed by atoms with Crippen LogP contribution in [0.2, 0.25) is 19.6 Å². The highest BCUT2D eigenvalue weighted by atomic mass is 28.4. The molecule has 0 fully saturated rings. The largest absolute Gasteiger partial charge is 0.497 e. The van der Waals surface area contributed by atoms with E-state index in [2.05, 4.69) is 33.1 Å². The van der Waals surface area contributed by atoms with Crippen molar-refractivity contribution in [2.45, 2.75) is 91.1 Å². The first-order valence-electron chi connectivity index (χ1n) is 12.0. The summed E-state index contributed by atoms with van der Waals surface area (Å²) in [6, 6.07) is 0. The smallest absolute Gasteiger partial charge is 0.410 e. The maximum absolute atomic E-state index is 13.4. The van der Waals surface area contributed by atoms with Gasteiger partial charge in [-0.1, -0.05) is 13.0 Å². The summed E-state index contributed by atoms with van der Waals surface area (Å²) in [6.45, 7) is 19.8. The van der Waals surface area contributed by atoms with Crippen molar-refractivity contribution in [3.05, 3.63) is 24.0 Å². The normalized spacial score (nSPS) is 26.0. The van der Waals surface area contributed by atoms with Gasteiger partial charge in [0, 0.05) is 37.4 Å². The van der Waals surface area contributed by atoms with Crippen LogP contribution >= 0.6 is 0 Å². The van der Waals surface area contributed by atoms with Crippen LogP contribution in [0.1, 0.15) is 59.8 Å². The van der Waals surface area contributed by atoms with Gasteiger partial charge >= 0.3 is 6.09 Å². The van der Waals surface area contributed by atoms with Crippen LogP contribution in [-0.2, 0) is 18.7 Å². The molecule has 0 saturated heterocycles. The Morgan fingerprint density at radius 1 is 1.25 bits per heavy atom. The molecular formula is C25H43NO5Si. The van der Waals surface area contributed by atoms with Gasteiger partial charge in [-0.05, 0) is 65.6 Å². The number of rotatable bonds is 4. The molecule has 2 rings (SSSR count). The van der Waals surface area contributed by atoms with E-state index in [9.17, 15) is 9.59 Å². The zero-order valence-electron chi connectivity index (χ0n) is 21.2. The van der Waals surface area contributed by atoms with Gasteiger partial charge in [-0.15, -0.1) is 6.58 Å². The standard InChI is InChI=1S/C25H43NO5Si/c1-9-12-19-22-20(27)13-10-14-26(24(28)30-25(3,4)5)15-11-16-29-21(22)17-18(2)23(19)31-32(6,7)8/h9,18-19,23H,1,10-17H2,2-8H3/t18-,19-,23-/m0/s1. The van der Waals surface area contributed by atoms with Crippen LogP contribution in [0.15, 0.2) is 24.0 Å². The second-order valence-corrected chi connectivity index (χ2v) is 15.5. The first-order chi connectivity index (χ1) is 14.8. The van der Waals surface area contributed by atoms with Crippen molar-refractivity contribution < 1.29 is 23.5 Å². The van der Waals surface area contributed by atoms with E-state index in [0.717, 1.165) is 11.3 Å². The topological polar surface area (TPSA) is 65.1 Å². The minimum absolute atomic E-state index is 0.00523. The molecule has 1 amide bonds. The molecule has 0 saturated carbocycles. The van der Waals surface area contributed by atoms with E-state index in [0.29, 0.717) is 51.8 Å². The van der Waals surface area contributed by atoms with Crippen LogP contribution in [0.5, 0.6) is 0 Å². The van der Waals surface area contributed by atoms with Gasteiger partial charge in [0.15, 0.2) is 14.1 Å². The highest BCUT2D eigenvalue weighted by Gasteiger charge is 2.41. The van der Waals surface area contributed by atoms with Crippen molar-refractivity contribution in [1.82, 2.24) is 4.90 Å². The second-order valence-electron chi connectivity index (χ2n) is 11.0. The highest BCUT2D eigenvalue weighted by Crippen LogP contribution is 2.41. The number of carbonyl (C=O) groups is 2. The molecule has 182 valence electrons. The van der Waals surface area contributed by atoms with Crippen molar-refractivity contribution in [1.29, 1.82) is 0 Å². The van der Waals surface area contributed by atoms with Crippen molar-refractivity contribution in [2.24, 2.45) is 11.8 Å². The van der Waals surface area contributed by atoms with Gasteiger partial charge in [0.05, 0.1) is 12.7 Å². The summed E-state index contributed by atoms with van der Waals surface area (Å²) in [4.78, 5) is 27.7. The molecule has 0 radical (unpaired) electrons. The summed E-state index contributed by atoms with van der Waals surface area (Å²) >= 11 is 0. The fraction of sp³-hybridized carbons (Fsp3) is 0.760. The quantitative estimate of drug-likeness (QED) is 0.394. The minimum Gasteiger partial charge on any atom is -0.497 e. The first-order valence-corrected chi connectivity index (χ1v) is 15.4. The summed E-state index contributed by atoms with van der Waals surface area (Å²) in [7, 11) is -1.79. The van der Waals surface area contributed by atoms with Gasteiger partial charge in [0.2, 0.25) is 0 Å². The molecule has 0 spiro atoms. The molecule has 2 aliphatic rings. The van der Waals surface area contributed by atoms with Crippen molar-refractivity contribution >= 4 is 20.2 Å². The van der Waals surface area contributed by atoms with Gasteiger partial charge in [-0.2, -0.15) is 0 Å². The maximum Gasteiger partial charge on any atom is 0.410 e. The van der Waals surface area contributed by atoms with Gasteiger partial charge in [0.25, 0.3) is 0 Å². The number of nitrogens with zero attached hydrogens (tertiary/aromatic N) is 1. The molecule has 7 heteroatoms. The predicted octanol–water partition coefficient (Wildman–Crippen LogP) is 5.70. The highest BCUT2D eigenvalue weighted by molar-refractivity contribution is 6.69. The van der Waals surface area contributed by atoms with Crippen LogP contribution in [0, 0.1) is 11.8 Å². The number of amides is 1. The van der Waals surface area contributed by atoms with E-state index >= 15 is 0 Å². The molecule has 1 aliphatic heterocycles. The molecule has 0 bridgehead atoms. The average Bonchev–Trinajstić information content (AvgIpc) is 2.67. The average molecular weight is 466 g/mol. The Kier molecular flexibility index (Phi) is 9.17. The molecule has 32 heavy (non-hydrogen) atoms. The predicted molar refractivity (Wildman–Crippen MR) is 130 cm³/mol. The SMILES string of the molecule is C=CC[C@H]1C2=C(C[C@H](C)[C@@H]1O[Si](C)(C)C)OCCCN(C(=O)OC(C)(C)C)CCCC2=O. The fourth-order valence-electron chi connectivity index (χ4n) is 4.46. The zero-order valence-corrected chi connectivity index (χ0v) is 22.2. The van der Waals surface area contributed by atoms with E-state index < -0.39 is 13.9 Å². The molecule has 0 N–H and O–H groups in total. The first kappa shape index (κ1) is 26.6. The van der Waals surface area contributed by atoms with Crippen molar-refractivity contribution in [2.75, 3.05) is 19.7 Å². The van der Waals surface area contributed by atoms with Crippen LogP contribution in [-0.4, -0.2) is 56.5 Å². The molecule has 0 aromatic carbocycles. The lowest BCUT2D eigenvalue weighted by Crippen LogP contribution is -2.44. The molecule has 1 heterocycles. The summed E-state index contributed by atoms with van der Waals surface area (Å²) in [6.07, 6.45) is 4.62. The number of allylic oxidation sites excluding steroid dienone is 2. The third-order valence-electron chi connectivity index (χ3n) is 5.68. The Balaban J connectivity index is 2.25. The lowest BCUT2D eigenvalue weighted by molar-refractivity contribution is -0.117. The number of hydrogen-bond acceptors (Lipinski definition) is 5. The van der Waals surface area contributed by atoms with E-state index in [1.807, 2.05) is 26.8 Å². The number of carbonyl (C=O) groups excluding carboxylic acids is 2. The molecule has 0 unspecified atom stereocenters. The Morgan fingerprint density at radius 3 is 2.50 bits per heavy atom. The van der Waals surface area contributed by atoms with Gasteiger partial charge in [0.1, 0.15) is 11.4 Å². The Morgan fingerprint density at radius 2 is 1.91 bits per heavy atom. The van der Waals surface area contributed by atoms with Crippen LogP contribution in [0.3, 0.4) is 0 Å². The van der Waals surface area contributed by atoms with E-state index in [1.54, 1.807) is 4.90 Å². The summed E-state index contributed by atoms with van der Waals surface area (Å²) in [5.41, 5.74) is 0.243. The number of hydrogen-bond donors (Lipinski definition) is 0. The van der Waals surface area contributed by atoms with Crippen molar-refractivity contribution in [3.8, 4) is 0 Å². The summed E-state index contributed by atoms with van der Waals surface area (Å²) < 4.78 is 18.3. The lowest BCUT2D eigenvalue weighted by atomic mass is 9.74. The molecule has 0 aromatic rings. The maximum atomic E-state index is 13.4.